The van der Waals surface area contributed by atoms with E-state index in [-0.39, 0.29) is 11.9 Å². The van der Waals surface area contributed by atoms with E-state index in [9.17, 15) is 4.79 Å². The van der Waals surface area contributed by atoms with Crippen LogP contribution in [0.4, 0.5) is 0 Å². The zero-order valence-electron chi connectivity index (χ0n) is 11.5. The maximum atomic E-state index is 11.9. The number of carbonyl (C=O) groups is 1. The van der Waals surface area contributed by atoms with Gasteiger partial charge < -0.3 is 15.0 Å². The average molecular weight is 270 g/mol. The number of hydrogen-bond acceptors (Lipinski definition) is 3. The number of nitrogens with one attached hydrogen (secondary N) is 2. The van der Waals surface area contributed by atoms with Crippen LogP contribution in [-0.4, -0.2) is 24.6 Å². The zero-order valence-corrected chi connectivity index (χ0v) is 11.5. The molecule has 0 saturated carbocycles. The van der Waals surface area contributed by atoms with E-state index in [0.717, 1.165) is 19.4 Å². The molecule has 104 valence electrons. The minimum Gasteiger partial charge on any atom is -0.469 e. The molecule has 1 fully saturated rings. The molecule has 4 heteroatoms. The zero-order chi connectivity index (χ0) is 13.7. The largest absolute Gasteiger partial charge is 0.469 e. The highest BCUT2D eigenvalue weighted by molar-refractivity contribution is 5.85. The first kappa shape index (κ1) is 12.0. The van der Waals surface area contributed by atoms with Gasteiger partial charge in [0.15, 0.2) is 0 Å². The lowest BCUT2D eigenvalue weighted by Gasteiger charge is -2.39. The van der Waals surface area contributed by atoms with Crippen molar-refractivity contribution < 1.29 is 9.53 Å². The van der Waals surface area contributed by atoms with Crippen molar-refractivity contribution >= 4 is 16.9 Å². The maximum absolute atomic E-state index is 11.9. The molecule has 2 aromatic rings. The first-order valence-corrected chi connectivity index (χ1v) is 7.18. The van der Waals surface area contributed by atoms with Crippen molar-refractivity contribution in [3.05, 3.63) is 35.5 Å². The molecule has 4 rings (SSSR count). The molecule has 2 aliphatic rings. The Hall–Kier alpha value is -1.81. The number of aromatic nitrogens is 1. The van der Waals surface area contributed by atoms with Gasteiger partial charge in [-0.2, -0.15) is 0 Å². The molecule has 1 aliphatic carbocycles. The van der Waals surface area contributed by atoms with Gasteiger partial charge in [0.05, 0.1) is 13.0 Å². The van der Waals surface area contributed by atoms with Crippen molar-refractivity contribution in [1.82, 2.24) is 10.3 Å². The lowest BCUT2D eigenvalue weighted by molar-refractivity contribution is -0.148. The molecule has 1 aliphatic heterocycles. The fraction of sp³-hybridized carbons (Fsp3) is 0.438. The summed E-state index contributed by atoms with van der Waals surface area (Å²) < 4.78 is 4.94. The van der Waals surface area contributed by atoms with E-state index in [2.05, 4.69) is 34.6 Å². The van der Waals surface area contributed by atoms with Gasteiger partial charge in [0.25, 0.3) is 0 Å². The minimum atomic E-state index is -0.0829. The highest BCUT2D eigenvalue weighted by Gasteiger charge is 2.41. The number of carbonyl (C=O) groups excluding carboxylic acids is 1. The van der Waals surface area contributed by atoms with E-state index in [0.29, 0.717) is 12.0 Å². The smallest absolute Gasteiger partial charge is 0.310 e. The van der Waals surface area contributed by atoms with Gasteiger partial charge in [0.1, 0.15) is 0 Å². The van der Waals surface area contributed by atoms with Crippen LogP contribution in [0.25, 0.3) is 10.9 Å². The van der Waals surface area contributed by atoms with Gasteiger partial charge in [-0.05, 0) is 30.4 Å². The molecule has 0 spiro atoms. The summed E-state index contributed by atoms with van der Waals surface area (Å²) in [5, 5.41) is 4.84. The number of ether oxygens (including phenoxy) is 1. The van der Waals surface area contributed by atoms with E-state index >= 15 is 0 Å². The van der Waals surface area contributed by atoms with Crippen LogP contribution in [0.3, 0.4) is 0 Å². The van der Waals surface area contributed by atoms with Gasteiger partial charge in [-0.15, -0.1) is 0 Å². The predicted octanol–water partition coefficient (Wildman–Crippen LogP) is 2.16. The number of para-hydroxylation sites is 1. The first-order chi connectivity index (χ1) is 9.78. The van der Waals surface area contributed by atoms with Crippen LogP contribution in [0.2, 0.25) is 0 Å². The number of rotatable bonds is 1. The molecule has 20 heavy (non-hydrogen) atoms. The van der Waals surface area contributed by atoms with Crippen LogP contribution < -0.4 is 5.32 Å². The van der Waals surface area contributed by atoms with E-state index in [1.165, 1.54) is 29.3 Å². The molecule has 0 radical (unpaired) electrons. The van der Waals surface area contributed by atoms with Gasteiger partial charge in [0.2, 0.25) is 0 Å². The second-order valence-corrected chi connectivity index (χ2v) is 5.85. The molecule has 2 bridgehead atoms. The highest BCUT2D eigenvalue weighted by atomic mass is 16.5. The topological polar surface area (TPSA) is 54.1 Å². The molecule has 2 heterocycles. The number of hydrogen-bond donors (Lipinski definition) is 2. The number of benzene rings is 1. The van der Waals surface area contributed by atoms with Crippen molar-refractivity contribution in [1.29, 1.82) is 0 Å². The van der Waals surface area contributed by atoms with Gasteiger partial charge in [0, 0.05) is 29.2 Å². The summed E-state index contributed by atoms with van der Waals surface area (Å²) in [5.41, 5.74) is 3.88. The van der Waals surface area contributed by atoms with Crippen LogP contribution in [0.5, 0.6) is 0 Å². The normalized spacial score (nSPS) is 28.1. The standard InChI is InChI=1S/C16H18N2O2/c1-20-16(19)11-8-17-13-6-9(11)7-14-15(13)10-4-2-3-5-12(10)18-14/h2-5,9,11,13,17-18H,6-8H2,1H3/t9-,11?,13+/m1/s1. The summed E-state index contributed by atoms with van der Waals surface area (Å²) in [6.45, 7) is 0.723. The number of H-pyrrole nitrogens is 1. The Labute approximate surface area is 117 Å². The maximum Gasteiger partial charge on any atom is 0.310 e. The Kier molecular flexibility index (Phi) is 2.60. The Balaban J connectivity index is 1.77. The third-order valence-electron chi connectivity index (χ3n) is 4.84. The van der Waals surface area contributed by atoms with Gasteiger partial charge in [-0.3, -0.25) is 4.79 Å². The van der Waals surface area contributed by atoms with Crippen LogP contribution in [-0.2, 0) is 16.0 Å². The first-order valence-electron chi connectivity index (χ1n) is 7.18. The van der Waals surface area contributed by atoms with E-state index < -0.39 is 0 Å². The number of esters is 1. The second-order valence-electron chi connectivity index (χ2n) is 5.85. The molecular weight excluding hydrogens is 252 g/mol. The van der Waals surface area contributed by atoms with Crippen LogP contribution in [0, 0.1) is 11.8 Å². The number of aromatic amines is 1. The van der Waals surface area contributed by atoms with Gasteiger partial charge >= 0.3 is 5.97 Å². The predicted molar refractivity (Wildman–Crippen MR) is 76.4 cm³/mol. The molecule has 1 saturated heterocycles. The fourth-order valence-corrected chi connectivity index (χ4v) is 3.90. The molecule has 0 amide bonds. The summed E-state index contributed by atoms with van der Waals surface area (Å²) in [4.78, 5) is 15.4. The lowest BCUT2D eigenvalue weighted by Crippen LogP contribution is -2.46. The second kappa shape index (κ2) is 4.35. The Bertz CT molecular complexity index is 676. The molecule has 3 atom stereocenters. The summed E-state index contributed by atoms with van der Waals surface area (Å²) in [6.07, 6.45) is 1.97. The van der Waals surface area contributed by atoms with Crippen molar-refractivity contribution in [2.75, 3.05) is 13.7 Å². The summed E-state index contributed by atoms with van der Waals surface area (Å²) in [7, 11) is 1.48. The Morgan fingerprint density at radius 1 is 1.35 bits per heavy atom. The summed E-state index contributed by atoms with van der Waals surface area (Å²) >= 11 is 0. The molecule has 4 nitrogen and oxygen atoms in total. The lowest BCUT2D eigenvalue weighted by atomic mass is 9.73. The monoisotopic (exact) mass is 270 g/mol. The van der Waals surface area contributed by atoms with Gasteiger partial charge in [-0.25, -0.2) is 0 Å². The van der Waals surface area contributed by atoms with Crippen molar-refractivity contribution in [2.45, 2.75) is 18.9 Å². The van der Waals surface area contributed by atoms with E-state index in [4.69, 9.17) is 4.74 Å². The summed E-state index contributed by atoms with van der Waals surface area (Å²) in [5.74, 6) is 0.283. The fourth-order valence-electron chi connectivity index (χ4n) is 3.90. The van der Waals surface area contributed by atoms with E-state index in [1.807, 2.05) is 0 Å². The summed E-state index contributed by atoms with van der Waals surface area (Å²) in [6, 6.07) is 8.80. The molecule has 1 unspecified atom stereocenters. The average Bonchev–Trinajstić information content (AvgIpc) is 2.85. The van der Waals surface area contributed by atoms with Crippen molar-refractivity contribution in [3.63, 3.8) is 0 Å². The third-order valence-corrected chi connectivity index (χ3v) is 4.84. The van der Waals surface area contributed by atoms with Gasteiger partial charge in [-0.1, -0.05) is 18.2 Å². The number of fused-ring (bicyclic) bond motifs is 6. The molecule has 1 aromatic carbocycles. The quantitative estimate of drug-likeness (QED) is 0.781. The van der Waals surface area contributed by atoms with Crippen molar-refractivity contribution in [2.24, 2.45) is 11.8 Å². The minimum absolute atomic E-state index is 0.0178. The van der Waals surface area contributed by atoms with Crippen LogP contribution >= 0.6 is 0 Å². The van der Waals surface area contributed by atoms with E-state index in [1.54, 1.807) is 0 Å². The molecular formula is C16H18N2O2. The number of piperidine rings is 1. The number of methoxy groups -OCH3 is 1. The highest BCUT2D eigenvalue weighted by Crippen LogP contribution is 2.43. The molecule has 2 N–H and O–H groups in total. The van der Waals surface area contributed by atoms with Crippen molar-refractivity contribution in [3.8, 4) is 0 Å². The SMILES string of the molecule is COC(=O)C1CN[C@H]2C[C@@H]1Cc1[nH]c3ccccc3c12. The van der Waals surface area contributed by atoms with Crippen LogP contribution in [0.1, 0.15) is 23.7 Å². The molecule has 1 aromatic heterocycles. The third kappa shape index (κ3) is 1.61. The Morgan fingerprint density at radius 2 is 2.20 bits per heavy atom. The van der Waals surface area contributed by atoms with Crippen LogP contribution in [0.15, 0.2) is 24.3 Å². The Morgan fingerprint density at radius 3 is 3.05 bits per heavy atom.